The zero-order valence-corrected chi connectivity index (χ0v) is 22.1. The number of unbranched alkanes of at least 4 members (excludes halogenated alkanes) is 2. The fourth-order valence-electron chi connectivity index (χ4n) is 4.72. The number of carbonyl (C=O) groups excluding carboxylic acids is 2. The van der Waals surface area contributed by atoms with E-state index in [0.29, 0.717) is 28.1 Å². The zero-order chi connectivity index (χ0) is 24.6. The summed E-state index contributed by atoms with van der Waals surface area (Å²) in [4.78, 5) is 29.9. The number of hydrogen-bond donors (Lipinski definition) is 0. The molecular formula is C29H34N2O2S2. The molecule has 0 spiro atoms. The second-order valence-corrected chi connectivity index (χ2v) is 11.2. The van der Waals surface area contributed by atoms with Crippen molar-refractivity contribution in [2.75, 3.05) is 19.6 Å². The van der Waals surface area contributed by atoms with E-state index in [-0.39, 0.29) is 11.8 Å². The van der Waals surface area contributed by atoms with Crippen molar-refractivity contribution in [2.24, 2.45) is 5.92 Å². The maximum atomic E-state index is 12.8. The number of amides is 2. The molecule has 0 aromatic heterocycles. The fraction of sp³-hybridized carbons (Fsp3) is 0.414. The van der Waals surface area contributed by atoms with Gasteiger partial charge in [0.1, 0.15) is 4.32 Å². The van der Waals surface area contributed by atoms with E-state index in [1.807, 2.05) is 42.2 Å². The Morgan fingerprint density at radius 1 is 1.03 bits per heavy atom. The number of piperidine rings is 1. The lowest BCUT2D eigenvalue weighted by Gasteiger charge is -2.32. The highest BCUT2D eigenvalue weighted by Crippen LogP contribution is 2.33. The van der Waals surface area contributed by atoms with E-state index in [9.17, 15) is 9.59 Å². The average molecular weight is 507 g/mol. The predicted molar refractivity (Wildman–Crippen MR) is 149 cm³/mol. The maximum Gasteiger partial charge on any atom is 0.266 e. The van der Waals surface area contributed by atoms with Crippen molar-refractivity contribution in [3.8, 4) is 0 Å². The van der Waals surface area contributed by atoms with Crippen LogP contribution in [-0.2, 0) is 16.0 Å². The molecule has 2 aromatic carbocycles. The van der Waals surface area contributed by atoms with Gasteiger partial charge in [-0.2, -0.15) is 0 Å². The first kappa shape index (κ1) is 25.6. The molecule has 0 N–H and O–H groups in total. The lowest BCUT2D eigenvalue weighted by atomic mass is 9.90. The first-order valence-corrected chi connectivity index (χ1v) is 13.9. The van der Waals surface area contributed by atoms with Crippen molar-refractivity contribution in [3.05, 3.63) is 76.2 Å². The van der Waals surface area contributed by atoms with Crippen molar-refractivity contribution < 1.29 is 9.59 Å². The van der Waals surface area contributed by atoms with Crippen LogP contribution in [0.1, 0.15) is 55.2 Å². The monoisotopic (exact) mass is 506 g/mol. The molecule has 0 radical (unpaired) electrons. The van der Waals surface area contributed by atoms with E-state index < -0.39 is 0 Å². The van der Waals surface area contributed by atoms with Gasteiger partial charge in [0.05, 0.1) is 4.91 Å². The Labute approximate surface area is 218 Å². The molecule has 0 saturated carbocycles. The second kappa shape index (κ2) is 12.5. The van der Waals surface area contributed by atoms with E-state index in [2.05, 4.69) is 30.3 Å². The van der Waals surface area contributed by atoms with Crippen LogP contribution >= 0.6 is 24.0 Å². The molecule has 4 rings (SSSR count). The molecular weight excluding hydrogens is 472 g/mol. The summed E-state index contributed by atoms with van der Waals surface area (Å²) >= 11 is 6.83. The standard InChI is InChI=1S/C29H34N2O2S2/c1-22-11-13-24(14-12-22)21-26-28(33)31(29(34)35-26)17-7-3-6-10-27(32)30-18-15-25(16-19-30)20-23-8-4-2-5-9-23/h2,4-5,8-9,11-14,21,25H,3,6-7,10,15-20H2,1H3. The Morgan fingerprint density at radius 3 is 2.46 bits per heavy atom. The van der Waals surface area contributed by atoms with E-state index in [1.165, 1.54) is 22.9 Å². The van der Waals surface area contributed by atoms with E-state index in [4.69, 9.17) is 12.2 Å². The minimum Gasteiger partial charge on any atom is -0.343 e. The van der Waals surface area contributed by atoms with E-state index in [1.54, 1.807) is 4.90 Å². The Morgan fingerprint density at radius 2 is 1.74 bits per heavy atom. The van der Waals surface area contributed by atoms with Crippen molar-refractivity contribution in [1.82, 2.24) is 9.80 Å². The molecule has 0 bridgehead atoms. The van der Waals surface area contributed by atoms with Crippen molar-refractivity contribution in [3.63, 3.8) is 0 Å². The molecule has 35 heavy (non-hydrogen) atoms. The van der Waals surface area contributed by atoms with Gasteiger partial charge in [0, 0.05) is 26.1 Å². The molecule has 2 amide bonds. The van der Waals surface area contributed by atoms with Crippen LogP contribution in [0.5, 0.6) is 0 Å². The molecule has 2 aliphatic rings. The van der Waals surface area contributed by atoms with Crippen LogP contribution in [0.4, 0.5) is 0 Å². The van der Waals surface area contributed by atoms with Gasteiger partial charge in [-0.15, -0.1) is 0 Å². The highest BCUT2D eigenvalue weighted by Gasteiger charge is 2.31. The largest absolute Gasteiger partial charge is 0.343 e. The molecule has 0 atom stereocenters. The Hall–Kier alpha value is -2.44. The minimum atomic E-state index is -0.00461. The van der Waals surface area contributed by atoms with Gasteiger partial charge in [-0.05, 0) is 62.1 Å². The van der Waals surface area contributed by atoms with Crippen LogP contribution < -0.4 is 0 Å². The molecule has 2 aliphatic heterocycles. The summed E-state index contributed by atoms with van der Waals surface area (Å²) in [7, 11) is 0. The van der Waals surface area contributed by atoms with Crippen molar-refractivity contribution in [2.45, 2.75) is 51.9 Å². The number of hydrogen-bond acceptors (Lipinski definition) is 4. The van der Waals surface area contributed by atoms with Crippen LogP contribution in [-0.4, -0.2) is 45.6 Å². The van der Waals surface area contributed by atoms with Gasteiger partial charge in [0.25, 0.3) is 5.91 Å². The summed E-state index contributed by atoms with van der Waals surface area (Å²) in [6, 6.07) is 18.8. The molecule has 2 heterocycles. The van der Waals surface area contributed by atoms with E-state index in [0.717, 1.165) is 57.2 Å². The number of carbonyl (C=O) groups is 2. The molecule has 0 aliphatic carbocycles. The first-order valence-electron chi connectivity index (χ1n) is 12.6. The number of thiocarbonyl (C=S) groups is 1. The van der Waals surface area contributed by atoms with Crippen molar-refractivity contribution in [1.29, 1.82) is 0 Å². The predicted octanol–water partition coefficient (Wildman–Crippen LogP) is 6.24. The molecule has 6 heteroatoms. The second-order valence-electron chi connectivity index (χ2n) is 9.57. The number of likely N-dealkylation sites (tertiary alicyclic amines) is 1. The Kier molecular flexibility index (Phi) is 9.16. The molecule has 4 nitrogen and oxygen atoms in total. The van der Waals surface area contributed by atoms with Gasteiger partial charge in [0.15, 0.2) is 0 Å². The third-order valence-corrected chi connectivity index (χ3v) is 8.23. The number of benzene rings is 2. The summed E-state index contributed by atoms with van der Waals surface area (Å²) in [6.07, 6.45) is 8.43. The average Bonchev–Trinajstić information content (AvgIpc) is 3.13. The van der Waals surface area contributed by atoms with Crippen LogP contribution in [0, 0.1) is 12.8 Å². The van der Waals surface area contributed by atoms with Crippen LogP contribution in [0.2, 0.25) is 0 Å². The van der Waals surface area contributed by atoms with Crippen LogP contribution in [0.3, 0.4) is 0 Å². The van der Waals surface area contributed by atoms with Crippen LogP contribution in [0.15, 0.2) is 59.5 Å². The Balaban J connectivity index is 1.13. The maximum absolute atomic E-state index is 12.8. The third-order valence-electron chi connectivity index (χ3n) is 6.86. The Bertz CT molecular complexity index is 1060. The molecule has 184 valence electrons. The molecule has 2 fully saturated rings. The molecule has 2 saturated heterocycles. The zero-order valence-electron chi connectivity index (χ0n) is 20.4. The lowest BCUT2D eigenvalue weighted by molar-refractivity contribution is -0.132. The number of aryl methyl sites for hydroxylation is 1. The lowest BCUT2D eigenvalue weighted by Crippen LogP contribution is -2.38. The topological polar surface area (TPSA) is 40.6 Å². The first-order chi connectivity index (χ1) is 17.0. The van der Waals surface area contributed by atoms with Gasteiger partial charge in [0.2, 0.25) is 5.91 Å². The van der Waals surface area contributed by atoms with Gasteiger partial charge in [-0.3, -0.25) is 14.5 Å². The van der Waals surface area contributed by atoms with Gasteiger partial charge in [-0.1, -0.05) is 90.6 Å². The van der Waals surface area contributed by atoms with Gasteiger partial charge < -0.3 is 4.90 Å². The SMILES string of the molecule is Cc1ccc(C=C2SC(=S)N(CCCCCC(=O)N3CCC(Cc4ccccc4)CC3)C2=O)cc1. The number of nitrogens with zero attached hydrogens (tertiary/aromatic N) is 2. The summed E-state index contributed by atoms with van der Waals surface area (Å²) in [5, 5.41) is 0. The summed E-state index contributed by atoms with van der Waals surface area (Å²) in [5.41, 5.74) is 3.60. The summed E-state index contributed by atoms with van der Waals surface area (Å²) < 4.78 is 0.628. The summed E-state index contributed by atoms with van der Waals surface area (Å²) in [5.74, 6) is 0.941. The molecule has 0 unspecified atom stereocenters. The van der Waals surface area contributed by atoms with Gasteiger partial charge >= 0.3 is 0 Å². The fourth-order valence-corrected chi connectivity index (χ4v) is 6.03. The highest BCUT2D eigenvalue weighted by atomic mass is 32.2. The highest BCUT2D eigenvalue weighted by molar-refractivity contribution is 8.26. The third kappa shape index (κ3) is 7.28. The van der Waals surface area contributed by atoms with E-state index >= 15 is 0 Å². The van der Waals surface area contributed by atoms with Crippen LogP contribution in [0.25, 0.3) is 6.08 Å². The quantitative estimate of drug-likeness (QED) is 0.229. The normalized spacial score (nSPS) is 18.0. The smallest absolute Gasteiger partial charge is 0.266 e. The van der Waals surface area contributed by atoms with Crippen molar-refractivity contribution >= 4 is 46.2 Å². The number of rotatable bonds is 9. The number of thioether (sulfide) groups is 1. The van der Waals surface area contributed by atoms with Gasteiger partial charge in [-0.25, -0.2) is 0 Å². The summed E-state index contributed by atoms with van der Waals surface area (Å²) in [6.45, 7) is 4.42. The minimum absolute atomic E-state index is 0.00461. The molecule has 2 aromatic rings.